The minimum Gasteiger partial charge on any atom is -0.502 e. The van der Waals surface area contributed by atoms with Crippen molar-refractivity contribution in [1.29, 1.82) is 0 Å². The molecule has 3 heteroatoms. The molecule has 0 saturated carbocycles. The van der Waals surface area contributed by atoms with Crippen molar-refractivity contribution in [3.63, 3.8) is 0 Å². The first-order valence-electron chi connectivity index (χ1n) is 7.51. The number of benzene rings is 1. The SMILES string of the molecule is C=C[C@H]1C[C@@H](COCc2ccccc2)[C@@H](/C=C/OCC)O1. The Labute approximate surface area is 127 Å². The Morgan fingerprint density at radius 1 is 1.33 bits per heavy atom. The van der Waals surface area contributed by atoms with Gasteiger partial charge in [-0.15, -0.1) is 6.58 Å². The smallest absolute Gasteiger partial charge is 0.0847 e. The molecule has 114 valence electrons. The maximum absolute atomic E-state index is 5.91. The van der Waals surface area contributed by atoms with Crippen LogP contribution < -0.4 is 0 Å². The van der Waals surface area contributed by atoms with Gasteiger partial charge in [0.1, 0.15) is 0 Å². The van der Waals surface area contributed by atoms with Crippen LogP contribution in [0.25, 0.3) is 0 Å². The van der Waals surface area contributed by atoms with Crippen molar-refractivity contribution in [2.45, 2.75) is 32.2 Å². The fourth-order valence-corrected chi connectivity index (χ4v) is 2.45. The second-order valence-corrected chi connectivity index (χ2v) is 5.16. The lowest BCUT2D eigenvalue weighted by Crippen LogP contribution is -2.18. The largest absolute Gasteiger partial charge is 0.502 e. The Morgan fingerprint density at radius 2 is 2.14 bits per heavy atom. The minimum atomic E-state index is 0.0373. The molecule has 1 aromatic rings. The van der Waals surface area contributed by atoms with E-state index in [9.17, 15) is 0 Å². The molecule has 1 fully saturated rings. The first-order valence-corrected chi connectivity index (χ1v) is 7.51. The second-order valence-electron chi connectivity index (χ2n) is 5.16. The standard InChI is InChI=1S/C18H24O3/c1-3-17-12-16(18(21-17)10-11-19-4-2)14-20-13-15-8-6-5-7-9-15/h3,5-11,16-18H,1,4,12-14H2,2H3/b11-10+/t16-,17-,18+/m0/s1. The van der Waals surface area contributed by atoms with Crippen LogP contribution in [0, 0.1) is 5.92 Å². The summed E-state index contributed by atoms with van der Waals surface area (Å²) in [5.41, 5.74) is 1.19. The van der Waals surface area contributed by atoms with Crippen LogP contribution in [-0.2, 0) is 20.8 Å². The fraction of sp³-hybridized carbons (Fsp3) is 0.444. The molecule has 0 aromatic heterocycles. The van der Waals surface area contributed by atoms with Crippen LogP contribution in [-0.4, -0.2) is 25.4 Å². The Kier molecular flexibility index (Phi) is 6.51. The number of hydrogen-bond acceptors (Lipinski definition) is 3. The third kappa shape index (κ3) is 5.03. The zero-order valence-electron chi connectivity index (χ0n) is 12.6. The first-order chi connectivity index (χ1) is 10.3. The monoisotopic (exact) mass is 288 g/mol. The van der Waals surface area contributed by atoms with Crippen LogP contribution in [0.2, 0.25) is 0 Å². The van der Waals surface area contributed by atoms with Gasteiger partial charge >= 0.3 is 0 Å². The Bertz CT molecular complexity index is 441. The van der Waals surface area contributed by atoms with Gasteiger partial charge in [-0.1, -0.05) is 36.4 Å². The quantitative estimate of drug-likeness (QED) is 0.539. The summed E-state index contributed by atoms with van der Waals surface area (Å²) in [5.74, 6) is 0.341. The lowest BCUT2D eigenvalue weighted by atomic mass is 10.0. The van der Waals surface area contributed by atoms with Gasteiger partial charge in [-0.25, -0.2) is 0 Å². The molecule has 0 unspecified atom stereocenters. The number of rotatable bonds is 8. The van der Waals surface area contributed by atoms with Crippen molar-refractivity contribution in [2.24, 2.45) is 5.92 Å². The maximum atomic E-state index is 5.91. The molecule has 0 radical (unpaired) electrons. The molecule has 1 aliphatic heterocycles. The highest BCUT2D eigenvalue weighted by Crippen LogP contribution is 2.28. The van der Waals surface area contributed by atoms with Gasteiger partial charge in [0.2, 0.25) is 0 Å². The van der Waals surface area contributed by atoms with Crippen molar-refractivity contribution < 1.29 is 14.2 Å². The van der Waals surface area contributed by atoms with E-state index in [-0.39, 0.29) is 12.2 Å². The van der Waals surface area contributed by atoms with Gasteiger partial charge in [-0.05, 0) is 25.0 Å². The van der Waals surface area contributed by atoms with Crippen molar-refractivity contribution >= 4 is 0 Å². The molecule has 1 aliphatic rings. The zero-order valence-corrected chi connectivity index (χ0v) is 12.6. The highest BCUT2D eigenvalue weighted by Gasteiger charge is 2.32. The summed E-state index contributed by atoms with van der Waals surface area (Å²) in [6.45, 7) is 7.77. The van der Waals surface area contributed by atoms with Crippen molar-refractivity contribution in [3.05, 3.63) is 60.9 Å². The minimum absolute atomic E-state index is 0.0373. The summed E-state index contributed by atoms with van der Waals surface area (Å²) in [5, 5.41) is 0. The van der Waals surface area contributed by atoms with Crippen molar-refractivity contribution in [2.75, 3.05) is 13.2 Å². The van der Waals surface area contributed by atoms with Gasteiger partial charge in [0.15, 0.2) is 0 Å². The van der Waals surface area contributed by atoms with Gasteiger partial charge in [0.25, 0.3) is 0 Å². The van der Waals surface area contributed by atoms with Gasteiger partial charge in [-0.2, -0.15) is 0 Å². The van der Waals surface area contributed by atoms with E-state index in [2.05, 4.69) is 18.7 Å². The highest BCUT2D eigenvalue weighted by atomic mass is 16.5. The molecule has 0 aliphatic carbocycles. The van der Waals surface area contributed by atoms with Crippen molar-refractivity contribution in [1.82, 2.24) is 0 Å². The zero-order chi connectivity index (χ0) is 14.9. The molecule has 0 amide bonds. The van der Waals surface area contributed by atoms with Crippen LogP contribution >= 0.6 is 0 Å². The number of ether oxygens (including phenoxy) is 3. The number of hydrogen-bond donors (Lipinski definition) is 0. The van der Waals surface area contributed by atoms with E-state index in [1.54, 1.807) is 6.26 Å². The molecule has 3 nitrogen and oxygen atoms in total. The highest BCUT2D eigenvalue weighted by molar-refractivity contribution is 5.13. The van der Waals surface area contributed by atoms with E-state index in [4.69, 9.17) is 14.2 Å². The van der Waals surface area contributed by atoms with E-state index in [0.717, 1.165) is 6.42 Å². The summed E-state index contributed by atoms with van der Waals surface area (Å²) in [4.78, 5) is 0. The molecule has 0 bridgehead atoms. The Hall–Kier alpha value is -1.58. The van der Waals surface area contributed by atoms with Crippen LogP contribution in [0.15, 0.2) is 55.3 Å². The van der Waals surface area contributed by atoms with Gasteiger partial charge < -0.3 is 14.2 Å². The average Bonchev–Trinajstić information content (AvgIpc) is 2.91. The summed E-state index contributed by atoms with van der Waals surface area (Å²) in [7, 11) is 0. The van der Waals surface area contributed by atoms with Gasteiger partial charge in [-0.3, -0.25) is 0 Å². The van der Waals surface area contributed by atoms with Crippen LogP contribution in [0.5, 0.6) is 0 Å². The predicted molar refractivity (Wildman–Crippen MR) is 83.8 cm³/mol. The van der Waals surface area contributed by atoms with Crippen LogP contribution in [0.4, 0.5) is 0 Å². The molecule has 1 aromatic carbocycles. The molecule has 3 atom stereocenters. The third-order valence-electron chi connectivity index (χ3n) is 3.57. The summed E-state index contributed by atoms with van der Waals surface area (Å²) in [6.07, 6.45) is 6.64. The molecular formula is C18H24O3. The Balaban J connectivity index is 1.82. The topological polar surface area (TPSA) is 27.7 Å². The molecule has 1 saturated heterocycles. The van der Waals surface area contributed by atoms with Gasteiger partial charge in [0.05, 0.1) is 38.3 Å². The lowest BCUT2D eigenvalue weighted by molar-refractivity contribution is 0.0463. The second kappa shape index (κ2) is 8.65. The summed E-state index contributed by atoms with van der Waals surface area (Å²) < 4.78 is 17.0. The van der Waals surface area contributed by atoms with Crippen LogP contribution in [0.3, 0.4) is 0 Å². The average molecular weight is 288 g/mol. The molecule has 21 heavy (non-hydrogen) atoms. The molecular weight excluding hydrogens is 264 g/mol. The fourth-order valence-electron chi connectivity index (χ4n) is 2.45. The van der Waals surface area contributed by atoms with E-state index in [0.29, 0.717) is 25.7 Å². The molecule has 1 heterocycles. The van der Waals surface area contributed by atoms with Crippen molar-refractivity contribution in [3.8, 4) is 0 Å². The Morgan fingerprint density at radius 3 is 2.86 bits per heavy atom. The molecule has 0 spiro atoms. The third-order valence-corrected chi connectivity index (χ3v) is 3.57. The maximum Gasteiger partial charge on any atom is 0.0847 e. The molecule has 2 rings (SSSR count). The van der Waals surface area contributed by atoms with Gasteiger partial charge in [0, 0.05) is 5.92 Å². The lowest BCUT2D eigenvalue weighted by Gasteiger charge is -2.15. The predicted octanol–water partition coefficient (Wildman–Crippen LogP) is 3.71. The normalized spacial score (nSPS) is 25.3. The van der Waals surface area contributed by atoms with E-state index < -0.39 is 0 Å². The van der Waals surface area contributed by atoms with Crippen LogP contribution in [0.1, 0.15) is 18.9 Å². The van der Waals surface area contributed by atoms with E-state index in [1.165, 1.54) is 5.56 Å². The first kappa shape index (κ1) is 15.8. The molecule has 0 N–H and O–H groups in total. The van der Waals surface area contributed by atoms with E-state index in [1.807, 2.05) is 37.3 Å². The summed E-state index contributed by atoms with van der Waals surface area (Å²) >= 11 is 0. The van der Waals surface area contributed by atoms with E-state index >= 15 is 0 Å². The summed E-state index contributed by atoms with van der Waals surface area (Å²) in [6, 6.07) is 10.2.